The first-order valence-corrected chi connectivity index (χ1v) is 12.6. The van der Waals surface area contributed by atoms with E-state index in [1.807, 2.05) is 0 Å². The summed E-state index contributed by atoms with van der Waals surface area (Å²) in [6.45, 7) is 0.272. The normalized spacial score (nSPS) is 17.5. The van der Waals surface area contributed by atoms with Crippen LogP contribution in [0.2, 0.25) is 4.34 Å². The van der Waals surface area contributed by atoms with Gasteiger partial charge in [-0.25, -0.2) is 16.8 Å². The van der Waals surface area contributed by atoms with Gasteiger partial charge in [0.05, 0.1) is 16.1 Å². The Morgan fingerprint density at radius 1 is 0.889 bits per heavy atom. The van der Waals surface area contributed by atoms with Gasteiger partial charge in [0.1, 0.15) is 20.1 Å². The summed E-state index contributed by atoms with van der Waals surface area (Å²) in [5.41, 5.74) is 0.864. The number of fused-ring (bicyclic) bond motifs is 1. The van der Waals surface area contributed by atoms with Crippen molar-refractivity contribution in [3.05, 3.63) is 34.7 Å². The van der Waals surface area contributed by atoms with Crippen molar-refractivity contribution in [2.45, 2.75) is 9.10 Å². The Hall–Kier alpha value is -1.15. The summed E-state index contributed by atoms with van der Waals surface area (Å²) < 4.78 is 62.6. The third kappa shape index (κ3) is 3.39. The van der Waals surface area contributed by atoms with E-state index in [9.17, 15) is 16.8 Å². The highest BCUT2D eigenvalue weighted by Crippen LogP contribution is 2.30. The minimum Gasteiger partial charge on any atom is -0.207 e. The second-order valence-corrected chi connectivity index (χ2v) is 12.1. The number of piperazine rings is 1. The highest BCUT2D eigenvalue weighted by atomic mass is 35.5. The summed E-state index contributed by atoms with van der Waals surface area (Å²) in [7, 11) is -7.47. The van der Waals surface area contributed by atoms with Crippen LogP contribution in [0.5, 0.6) is 0 Å². The number of rotatable bonds is 4. The van der Waals surface area contributed by atoms with Crippen molar-refractivity contribution in [3.63, 3.8) is 0 Å². The first-order chi connectivity index (χ1) is 12.8. The highest BCUT2D eigenvalue weighted by molar-refractivity contribution is 7.91. The summed E-state index contributed by atoms with van der Waals surface area (Å²) in [6, 6.07) is 7.81. The summed E-state index contributed by atoms with van der Waals surface area (Å²) in [5, 5.41) is 0. The topological polar surface area (TPSA) is 101 Å². The van der Waals surface area contributed by atoms with Crippen molar-refractivity contribution in [3.8, 4) is 0 Å². The molecule has 27 heavy (non-hydrogen) atoms. The average molecular weight is 465 g/mol. The molecule has 8 nitrogen and oxygen atoms in total. The van der Waals surface area contributed by atoms with Crippen molar-refractivity contribution in [2.75, 3.05) is 26.2 Å². The van der Waals surface area contributed by atoms with Crippen LogP contribution in [-0.2, 0) is 20.0 Å². The number of aromatic nitrogens is 2. The number of benzene rings is 1. The zero-order valence-corrected chi connectivity index (χ0v) is 17.7. The van der Waals surface area contributed by atoms with Crippen molar-refractivity contribution in [1.29, 1.82) is 0 Å². The van der Waals surface area contributed by atoms with E-state index in [0.29, 0.717) is 15.4 Å². The summed E-state index contributed by atoms with van der Waals surface area (Å²) >= 11 is 7.77. The average Bonchev–Trinajstić information content (AvgIpc) is 3.30. The maximum Gasteiger partial charge on any atom is 0.252 e. The number of halogens is 1. The Balaban J connectivity index is 1.56. The van der Waals surface area contributed by atoms with E-state index in [1.165, 1.54) is 26.8 Å². The maximum atomic E-state index is 13.0. The number of nitrogens with zero attached hydrogens (tertiary/aromatic N) is 4. The van der Waals surface area contributed by atoms with E-state index < -0.39 is 20.0 Å². The van der Waals surface area contributed by atoms with E-state index >= 15 is 0 Å². The Labute approximate surface area is 169 Å². The van der Waals surface area contributed by atoms with Crippen LogP contribution in [-0.4, -0.2) is 60.4 Å². The molecule has 1 fully saturated rings. The molecule has 0 bridgehead atoms. The van der Waals surface area contributed by atoms with E-state index in [4.69, 9.17) is 11.6 Å². The molecule has 0 saturated carbocycles. The SMILES string of the molecule is O=S(=O)(c1ccc(Cl)s1)N1CCN(S(=O)(=O)c2cccc3nsnc23)CC1. The van der Waals surface area contributed by atoms with Crippen LogP contribution >= 0.6 is 34.7 Å². The van der Waals surface area contributed by atoms with E-state index in [-0.39, 0.29) is 35.3 Å². The predicted molar refractivity (Wildman–Crippen MR) is 104 cm³/mol. The molecule has 3 aromatic rings. The molecule has 144 valence electrons. The third-order valence-corrected chi connectivity index (χ3v) is 10.3. The molecule has 4 rings (SSSR count). The fraction of sp³-hybridized carbons (Fsp3) is 0.286. The van der Waals surface area contributed by atoms with Crippen LogP contribution in [0.3, 0.4) is 0 Å². The predicted octanol–water partition coefficient (Wildman–Crippen LogP) is 2.10. The van der Waals surface area contributed by atoms with E-state index in [1.54, 1.807) is 12.1 Å². The van der Waals surface area contributed by atoms with Crippen molar-refractivity contribution in [1.82, 2.24) is 17.4 Å². The van der Waals surface area contributed by atoms with Gasteiger partial charge >= 0.3 is 0 Å². The van der Waals surface area contributed by atoms with Crippen LogP contribution in [0.25, 0.3) is 11.0 Å². The minimum absolute atomic E-state index is 0.0641. The van der Waals surface area contributed by atoms with Crippen LogP contribution in [0, 0.1) is 0 Å². The molecular formula is C14H13ClN4O4S4. The monoisotopic (exact) mass is 464 g/mol. The van der Waals surface area contributed by atoms with Gasteiger partial charge in [-0.3, -0.25) is 0 Å². The second-order valence-electron chi connectivity index (χ2n) is 5.75. The standard InChI is InChI=1S/C14H13ClN4O4S4/c15-12-4-5-13(24-12)27(22,23)19-8-6-18(7-9-19)26(20,21)11-3-1-2-10-14(11)17-25-16-10/h1-5H,6-9H2. The molecule has 0 unspecified atom stereocenters. The Bertz CT molecular complexity index is 1200. The van der Waals surface area contributed by atoms with Gasteiger partial charge in [-0.05, 0) is 24.3 Å². The quantitative estimate of drug-likeness (QED) is 0.586. The van der Waals surface area contributed by atoms with Crippen molar-refractivity contribution >= 4 is 65.7 Å². The third-order valence-electron chi connectivity index (χ3n) is 4.21. The first kappa shape index (κ1) is 19.2. The lowest BCUT2D eigenvalue weighted by molar-refractivity contribution is 0.273. The van der Waals surface area contributed by atoms with Crippen LogP contribution in [0.1, 0.15) is 0 Å². The molecule has 0 radical (unpaired) electrons. The molecule has 1 aliphatic heterocycles. The van der Waals surface area contributed by atoms with Gasteiger partial charge in [0, 0.05) is 26.2 Å². The van der Waals surface area contributed by atoms with Gasteiger partial charge in [-0.1, -0.05) is 17.7 Å². The lowest BCUT2D eigenvalue weighted by Crippen LogP contribution is -2.50. The lowest BCUT2D eigenvalue weighted by Gasteiger charge is -2.32. The zero-order valence-electron chi connectivity index (χ0n) is 13.6. The molecule has 3 heterocycles. The molecule has 0 atom stereocenters. The number of thiophene rings is 1. The van der Waals surface area contributed by atoms with Gasteiger partial charge in [-0.15, -0.1) is 11.3 Å². The van der Waals surface area contributed by atoms with Crippen molar-refractivity contribution < 1.29 is 16.8 Å². The lowest BCUT2D eigenvalue weighted by atomic mass is 10.3. The summed E-state index contributed by atoms with van der Waals surface area (Å²) in [6.07, 6.45) is 0. The summed E-state index contributed by atoms with van der Waals surface area (Å²) in [4.78, 5) is 0.0927. The largest absolute Gasteiger partial charge is 0.252 e. The molecule has 0 aliphatic carbocycles. The van der Waals surface area contributed by atoms with Crippen LogP contribution in [0.4, 0.5) is 0 Å². The molecule has 1 aromatic carbocycles. The number of hydrogen-bond donors (Lipinski definition) is 0. The van der Waals surface area contributed by atoms with Crippen LogP contribution < -0.4 is 0 Å². The molecule has 0 N–H and O–H groups in total. The highest BCUT2D eigenvalue weighted by Gasteiger charge is 2.35. The van der Waals surface area contributed by atoms with E-state index in [0.717, 1.165) is 23.1 Å². The molecule has 1 aliphatic rings. The fourth-order valence-electron chi connectivity index (χ4n) is 2.84. The zero-order chi connectivity index (χ0) is 19.2. The molecule has 1 saturated heterocycles. The van der Waals surface area contributed by atoms with E-state index in [2.05, 4.69) is 8.75 Å². The molecule has 13 heteroatoms. The Morgan fingerprint density at radius 2 is 1.56 bits per heavy atom. The second kappa shape index (κ2) is 7.03. The van der Waals surface area contributed by atoms with Gasteiger partial charge in [-0.2, -0.15) is 17.4 Å². The Kier molecular flexibility index (Phi) is 4.99. The first-order valence-electron chi connectivity index (χ1n) is 7.77. The van der Waals surface area contributed by atoms with Gasteiger partial charge in [0.15, 0.2) is 0 Å². The Morgan fingerprint density at radius 3 is 2.19 bits per heavy atom. The molecule has 0 spiro atoms. The smallest absolute Gasteiger partial charge is 0.207 e. The fourth-order valence-corrected chi connectivity index (χ4v) is 8.08. The van der Waals surface area contributed by atoms with Gasteiger partial charge < -0.3 is 0 Å². The van der Waals surface area contributed by atoms with Gasteiger partial charge in [0.2, 0.25) is 10.0 Å². The maximum absolute atomic E-state index is 13.0. The van der Waals surface area contributed by atoms with Crippen molar-refractivity contribution in [2.24, 2.45) is 0 Å². The molecular weight excluding hydrogens is 452 g/mol. The van der Waals surface area contributed by atoms with Crippen LogP contribution in [0.15, 0.2) is 39.4 Å². The number of sulfonamides is 2. The minimum atomic E-state index is -3.79. The number of hydrogen-bond acceptors (Lipinski definition) is 8. The van der Waals surface area contributed by atoms with Gasteiger partial charge in [0.25, 0.3) is 10.0 Å². The summed E-state index contributed by atoms with van der Waals surface area (Å²) in [5.74, 6) is 0. The molecule has 2 aromatic heterocycles. The molecule has 0 amide bonds.